The molecule has 0 radical (unpaired) electrons. The highest BCUT2D eigenvalue weighted by Crippen LogP contribution is 2.40. The van der Waals surface area contributed by atoms with Crippen LogP contribution >= 0.6 is 0 Å². The fourth-order valence-electron chi connectivity index (χ4n) is 2.39. The van der Waals surface area contributed by atoms with Crippen LogP contribution in [0.1, 0.15) is 31.2 Å². The number of amides is 1. The van der Waals surface area contributed by atoms with Gasteiger partial charge in [0.1, 0.15) is 5.75 Å². The van der Waals surface area contributed by atoms with Crippen molar-refractivity contribution >= 4 is 27.9 Å². The number of carbonyl (C=O) groups is 2. The maximum atomic E-state index is 11.9. The van der Waals surface area contributed by atoms with E-state index in [9.17, 15) is 18.0 Å². The van der Waals surface area contributed by atoms with E-state index in [-0.39, 0.29) is 12.3 Å². The van der Waals surface area contributed by atoms with Crippen LogP contribution in [0.5, 0.6) is 5.75 Å². The number of carboxylic acid groups (broad SMARTS) is 1. The molecule has 10 heteroatoms. The summed E-state index contributed by atoms with van der Waals surface area (Å²) >= 11 is 0. The number of carboxylic acids is 1. The van der Waals surface area contributed by atoms with E-state index in [2.05, 4.69) is 5.32 Å². The zero-order valence-electron chi connectivity index (χ0n) is 14.9. The molecular weight excluding hydrogens is 364 g/mol. The zero-order valence-corrected chi connectivity index (χ0v) is 15.7. The molecule has 0 aliphatic carbocycles. The summed E-state index contributed by atoms with van der Waals surface area (Å²) in [6.07, 6.45) is 0.929. The molecule has 1 heterocycles. The first-order valence-electron chi connectivity index (χ1n) is 7.96. The third-order valence-electron chi connectivity index (χ3n) is 3.70. The number of nitrogens with zero attached hydrogens (tertiary/aromatic N) is 1. The molecule has 26 heavy (non-hydrogen) atoms. The number of carbonyl (C=O) groups excluding carboxylic acids is 1. The fourth-order valence-corrected chi connectivity index (χ4v) is 2.39. The van der Waals surface area contributed by atoms with Crippen molar-refractivity contribution in [1.29, 1.82) is 0 Å². The predicted molar refractivity (Wildman–Crippen MR) is 96.3 cm³/mol. The molecule has 1 unspecified atom stereocenters. The van der Waals surface area contributed by atoms with Crippen molar-refractivity contribution in [2.45, 2.75) is 25.7 Å². The lowest BCUT2D eigenvalue weighted by atomic mass is 9.95. The minimum Gasteiger partial charge on any atom is -0.481 e. The average molecular weight is 388 g/mol. The van der Waals surface area contributed by atoms with Gasteiger partial charge in [-0.2, -0.15) is 8.42 Å². The summed E-state index contributed by atoms with van der Waals surface area (Å²) in [7, 11) is -1.99. The number of nitrogens with one attached hydrogen (secondary N) is 1. The van der Waals surface area contributed by atoms with Crippen molar-refractivity contribution in [3.63, 3.8) is 0 Å². The van der Waals surface area contributed by atoms with E-state index in [0.717, 1.165) is 11.3 Å². The Morgan fingerprint density at radius 3 is 2.54 bits per heavy atom. The fraction of sp³-hybridized carbons (Fsp3) is 0.500. The monoisotopic (exact) mass is 388 g/mol. The number of hydrogen-bond donors (Lipinski definition) is 3. The molecule has 2 rings (SSSR count). The van der Waals surface area contributed by atoms with E-state index in [1.54, 1.807) is 13.1 Å². The second kappa shape index (κ2) is 9.39. The number of hydrogen-bond acceptors (Lipinski definition) is 6. The van der Waals surface area contributed by atoms with Gasteiger partial charge in [-0.05, 0) is 25.5 Å². The summed E-state index contributed by atoms with van der Waals surface area (Å²) in [5, 5.41) is 12.1. The predicted octanol–water partition coefficient (Wildman–Crippen LogP) is 2.01. The summed E-state index contributed by atoms with van der Waals surface area (Å²) in [4.78, 5) is 24.1. The molecule has 0 bridgehead atoms. The minimum absolute atomic E-state index is 0.0482. The first-order chi connectivity index (χ1) is 12.0. The van der Waals surface area contributed by atoms with Crippen LogP contribution in [-0.4, -0.2) is 61.4 Å². The smallest absolute Gasteiger partial charge is 0.414 e. The maximum absolute atomic E-state index is 11.9. The standard InChI is InChI=1S/C15H20N2O4.CH4O3S/c1-3-17(2)15(20)21-12-6-4-5-11-14(12)10(9-16-11)7-8-13(18)19;1-5(2,3)4/h4-6,10,16H,3,7-9H2,1-2H3,(H,18,19);1H3,(H,2,3,4). The van der Waals surface area contributed by atoms with Gasteiger partial charge in [0.2, 0.25) is 0 Å². The maximum Gasteiger partial charge on any atom is 0.414 e. The third-order valence-corrected chi connectivity index (χ3v) is 3.70. The SMILES string of the molecule is CCN(C)C(=O)Oc1cccc2c1C(CCC(=O)O)CN2.CS(=O)(=O)O. The minimum atomic E-state index is -3.67. The molecule has 9 nitrogen and oxygen atoms in total. The van der Waals surface area contributed by atoms with Crippen molar-refractivity contribution < 1.29 is 32.4 Å². The van der Waals surface area contributed by atoms with Gasteiger partial charge in [-0.15, -0.1) is 0 Å². The summed E-state index contributed by atoms with van der Waals surface area (Å²) < 4.78 is 31.3. The summed E-state index contributed by atoms with van der Waals surface area (Å²) in [5.41, 5.74) is 1.81. The van der Waals surface area contributed by atoms with Gasteiger partial charge >= 0.3 is 12.1 Å². The van der Waals surface area contributed by atoms with Crippen LogP contribution in [-0.2, 0) is 14.9 Å². The van der Waals surface area contributed by atoms with E-state index in [4.69, 9.17) is 14.4 Å². The topological polar surface area (TPSA) is 133 Å². The Bertz CT molecular complexity index is 741. The van der Waals surface area contributed by atoms with E-state index < -0.39 is 22.2 Å². The normalized spacial score (nSPS) is 15.2. The number of anilines is 1. The van der Waals surface area contributed by atoms with Crippen molar-refractivity contribution in [1.82, 2.24) is 4.90 Å². The Hall–Kier alpha value is -2.33. The van der Waals surface area contributed by atoms with Gasteiger partial charge in [0.25, 0.3) is 10.1 Å². The Morgan fingerprint density at radius 2 is 2.00 bits per heavy atom. The Labute approximate surface area is 152 Å². The van der Waals surface area contributed by atoms with Crippen LogP contribution in [0, 0.1) is 0 Å². The first kappa shape index (κ1) is 21.7. The van der Waals surface area contributed by atoms with Crippen LogP contribution in [0.3, 0.4) is 0 Å². The first-order valence-corrected chi connectivity index (χ1v) is 9.81. The molecule has 1 atom stereocenters. The Kier molecular flexibility index (Phi) is 7.84. The molecule has 1 aliphatic rings. The van der Waals surface area contributed by atoms with Gasteiger partial charge in [0.05, 0.1) is 6.26 Å². The van der Waals surface area contributed by atoms with E-state index in [0.29, 0.717) is 31.5 Å². The van der Waals surface area contributed by atoms with Gasteiger partial charge < -0.3 is 20.1 Å². The number of ether oxygens (including phenoxy) is 1. The molecule has 0 saturated heterocycles. The largest absolute Gasteiger partial charge is 0.481 e. The van der Waals surface area contributed by atoms with E-state index >= 15 is 0 Å². The molecule has 1 aromatic rings. The Balaban J connectivity index is 0.000000597. The van der Waals surface area contributed by atoms with Crippen LogP contribution < -0.4 is 10.1 Å². The van der Waals surface area contributed by atoms with Crippen molar-refractivity contribution in [2.24, 2.45) is 0 Å². The Morgan fingerprint density at radius 1 is 1.38 bits per heavy atom. The molecule has 0 aromatic heterocycles. The van der Waals surface area contributed by atoms with Gasteiger partial charge in [0.15, 0.2) is 0 Å². The van der Waals surface area contributed by atoms with Crippen LogP contribution in [0.4, 0.5) is 10.5 Å². The van der Waals surface area contributed by atoms with Gasteiger partial charge in [-0.1, -0.05) is 6.07 Å². The second-order valence-corrected chi connectivity index (χ2v) is 7.31. The van der Waals surface area contributed by atoms with Gasteiger partial charge in [-0.25, -0.2) is 4.79 Å². The van der Waals surface area contributed by atoms with Crippen molar-refractivity contribution in [3.05, 3.63) is 23.8 Å². The number of fused-ring (bicyclic) bond motifs is 1. The molecule has 1 amide bonds. The van der Waals surface area contributed by atoms with Crippen molar-refractivity contribution in [2.75, 3.05) is 31.7 Å². The third kappa shape index (κ3) is 7.28. The zero-order chi connectivity index (χ0) is 19.9. The molecular formula is C16H24N2O7S. The van der Waals surface area contributed by atoms with Crippen LogP contribution in [0.15, 0.2) is 18.2 Å². The van der Waals surface area contributed by atoms with Gasteiger partial charge in [0, 0.05) is 43.7 Å². The lowest BCUT2D eigenvalue weighted by Crippen LogP contribution is -2.29. The molecule has 146 valence electrons. The van der Waals surface area contributed by atoms with Gasteiger partial charge in [-0.3, -0.25) is 9.35 Å². The van der Waals surface area contributed by atoms with E-state index in [1.165, 1.54) is 4.90 Å². The lowest BCUT2D eigenvalue weighted by molar-refractivity contribution is -0.137. The molecule has 0 saturated carbocycles. The highest BCUT2D eigenvalue weighted by Gasteiger charge is 2.27. The number of aliphatic carboxylic acids is 1. The molecule has 0 spiro atoms. The van der Waals surface area contributed by atoms with Crippen LogP contribution in [0.25, 0.3) is 0 Å². The highest BCUT2D eigenvalue weighted by atomic mass is 32.2. The molecule has 1 aliphatic heterocycles. The average Bonchev–Trinajstić information content (AvgIpc) is 2.94. The quantitative estimate of drug-likeness (QED) is 0.652. The molecule has 3 N–H and O–H groups in total. The number of rotatable bonds is 5. The summed E-state index contributed by atoms with van der Waals surface area (Å²) in [6.45, 7) is 3.10. The van der Waals surface area contributed by atoms with Crippen LogP contribution in [0.2, 0.25) is 0 Å². The molecule has 0 fully saturated rings. The van der Waals surface area contributed by atoms with E-state index in [1.807, 2.05) is 19.1 Å². The lowest BCUT2D eigenvalue weighted by Gasteiger charge is -2.17. The second-order valence-electron chi connectivity index (χ2n) is 5.84. The summed E-state index contributed by atoms with van der Waals surface area (Å²) in [5.74, 6) is -0.256. The number of benzene rings is 1. The highest BCUT2D eigenvalue weighted by molar-refractivity contribution is 7.85. The molecule has 1 aromatic carbocycles. The van der Waals surface area contributed by atoms with Crippen molar-refractivity contribution in [3.8, 4) is 5.75 Å². The summed E-state index contributed by atoms with van der Waals surface area (Å²) in [6, 6.07) is 5.48.